The van der Waals surface area contributed by atoms with E-state index in [0.717, 1.165) is 16.7 Å². The predicted octanol–water partition coefficient (Wildman–Crippen LogP) is 5.02. The number of halogens is 3. The molecule has 0 aliphatic carbocycles. The number of hydrogen-bond donors (Lipinski definition) is 0. The molecule has 1 heterocycles. The van der Waals surface area contributed by atoms with E-state index in [0.29, 0.717) is 0 Å². The van der Waals surface area contributed by atoms with Crippen molar-refractivity contribution in [3.05, 3.63) is 61.8 Å². The van der Waals surface area contributed by atoms with Gasteiger partial charge in [-0.15, -0.1) is 0 Å². The molecule has 1 aromatic heterocycles. The fourth-order valence-corrected chi connectivity index (χ4v) is 2.31. The van der Waals surface area contributed by atoms with Crippen LogP contribution in [0, 0.1) is 13.8 Å². The Bertz CT molecular complexity index is 702. The molecule has 0 radical (unpaired) electrons. The molecule has 110 valence electrons. The minimum absolute atomic E-state index is 0.00451. The summed E-state index contributed by atoms with van der Waals surface area (Å²) in [7, 11) is 0. The van der Waals surface area contributed by atoms with Crippen LogP contribution in [-0.4, -0.2) is 11.0 Å². The van der Waals surface area contributed by atoms with E-state index in [1.165, 1.54) is 6.20 Å². The molecule has 0 N–H and O–H groups in total. The lowest BCUT2D eigenvalue weighted by Crippen LogP contribution is -2.09. The second-order valence-electron chi connectivity index (χ2n) is 4.59. The number of hydrogen-bond acceptors (Lipinski definition) is 3. The van der Waals surface area contributed by atoms with Crippen LogP contribution in [0.4, 0.5) is 0 Å². The van der Waals surface area contributed by atoms with Crippen molar-refractivity contribution in [3.63, 3.8) is 0 Å². The van der Waals surface area contributed by atoms with Gasteiger partial charge in [0.1, 0.15) is 6.61 Å². The molecule has 0 saturated carbocycles. The summed E-state index contributed by atoms with van der Waals surface area (Å²) in [5.41, 5.74) is 3.02. The number of carbonyl (C=O) groups is 1. The van der Waals surface area contributed by atoms with Crippen LogP contribution in [0.3, 0.4) is 0 Å². The highest BCUT2D eigenvalue weighted by Gasteiger charge is 2.18. The van der Waals surface area contributed by atoms with Crippen LogP contribution in [0.5, 0.6) is 0 Å². The highest BCUT2D eigenvalue weighted by molar-refractivity contribution is 6.48. The number of nitrogens with zero attached hydrogens (tertiary/aromatic N) is 1. The first kappa shape index (κ1) is 16.1. The number of esters is 1. The van der Waals surface area contributed by atoms with Gasteiger partial charge in [-0.2, -0.15) is 0 Å². The van der Waals surface area contributed by atoms with Crippen molar-refractivity contribution in [2.24, 2.45) is 0 Å². The van der Waals surface area contributed by atoms with E-state index >= 15 is 0 Å². The highest BCUT2D eigenvalue weighted by atomic mass is 35.5. The molecule has 0 amide bonds. The van der Waals surface area contributed by atoms with Gasteiger partial charge in [0, 0.05) is 6.20 Å². The van der Waals surface area contributed by atoms with E-state index in [4.69, 9.17) is 39.5 Å². The van der Waals surface area contributed by atoms with Crippen molar-refractivity contribution < 1.29 is 9.53 Å². The van der Waals surface area contributed by atoms with Gasteiger partial charge in [-0.05, 0) is 25.0 Å². The first-order valence-corrected chi connectivity index (χ1v) is 7.26. The summed E-state index contributed by atoms with van der Waals surface area (Å²) in [6.45, 7) is 4.07. The number of rotatable bonds is 3. The number of aromatic nitrogens is 1. The van der Waals surface area contributed by atoms with Crippen molar-refractivity contribution in [1.82, 2.24) is 4.98 Å². The predicted molar refractivity (Wildman–Crippen MR) is 84.3 cm³/mol. The molecule has 2 aromatic rings. The van der Waals surface area contributed by atoms with Gasteiger partial charge >= 0.3 is 5.97 Å². The summed E-state index contributed by atoms with van der Waals surface area (Å²) in [6.07, 6.45) is 1.27. The van der Waals surface area contributed by atoms with Crippen LogP contribution >= 0.6 is 34.8 Å². The van der Waals surface area contributed by atoms with Crippen molar-refractivity contribution in [3.8, 4) is 0 Å². The molecule has 0 saturated heterocycles. The minimum atomic E-state index is -0.639. The maximum Gasteiger partial charge on any atom is 0.358 e. The first-order chi connectivity index (χ1) is 9.90. The van der Waals surface area contributed by atoms with E-state index in [1.54, 1.807) is 0 Å². The average molecular weight is 345 g/mol. The Labute approximate surface area is 137 Å². The molecule has 21 heavy (non-hydrogen) atoms. The molecule has 2 rings (SSSR count). The van der Waals surface area contributed by atoms with Gasteiger partial charge in [0.25, 0.3) is 0 Å². The second-order valence-corrected chi connectivity index (χ2v) is 5.75. The summed E-state index contributed by atoms with van der Waals surface area (Å²) >= 11 is 17.6. The Morgan fingerprint density at radius 3 is 2.62 bits per heavy atom. The highest BCUT2D eigenvalue weighted by Crippen LogP contribution is 2.31. The van der Waals surface area contributed by atoms with Gasteiger partial charge in [0.05, 0.1) is 15.1 Å². The van der Waals surface area contributed by atoms with E-state index < -0.39 is 5.97 Å². The first-order valence-electron chi connectivity index (χ1n) is 6.13. The third-order valence-corrected chi connectivity index (χ3v) is 4.21. The Morgan fingerprint density at radius 1 is 1.19 bits per heavy atom. The maximum absolute atomic E-state index is 12.0. The zero-order valence-electron chi connectivity index (χ0n) is 11.4. The normalized spacial score (nSPS) is 10.5. The molecular weight excluding hydrogens is 333 g/mol. The number of carbonyl (C=O) groups excluding carboxylic acids is 1. The monoisotopic (exact) mass is 343 g/mol. The molecule has 0 unspecified atom stereocenters. The van der Waals surface area contributed by atoms with Gasteiger partial charge in [-0.1, -0.05) is 58.6 Å². The smallest absolute Gasteiger partial charge is 0.358 e. The zero-order valence-corrected chi connectivity index (χ0v) is 13.7. The van der Waals surface area contributed by atoms with E-state index in [-0.39, 0.29) is 27.4 Å². The van der Waals surface area contributed by atoms with Crippen LogP contribution in [0.25, 0.3) is 0 Å². The fourth-order valence-electron chi connectivity index (χ4n) is 1.75. The third-order valence-electron chi connectivity index (χ3n) is 2.97. The summed E-state index contributed by atoms with van der Waals surface area (Å²) in [4.78, 5) is 15.9. The largest absolute Gasteiger partial charge is 0.456 e. The standard InChI is InChI=1S/C15H12Cl3NO2/c1-8-3-4-9(2)10(5-8)7-21-15(20)14-13(18)12(17)11(16)6-19-14/h3-6H,7H2,1-2H3. The summed E-state index contributed by atoms with van der Waals surface area (Å²) in [5, 5.41) is 0.273. The maximum atomic E-state index is 12.0. The Balaban J connectivity index is 2.16. The Morgan fingerprint density at radius 2 is 1.90 bits per heavy atom. The van der Waals surface area contributed by atoms with Crippen molar-refractivity contribution in [2.75, 3.05) is 0 Å². The van der Waals surface area contributed by atoms with E-state index in [9.17, 15) is 4.79 Å². The van der Waals surface area contributed by atoms with Crippen molar-refractivity contribution in [2.45, 2.75) is 20.5 Å². The lowest BCUT2D eigenvalue weighted by molar-refractivity contribution is 0.0465. The lowest BCUT2D eigenvalue weighted by Gasteiger charge is -2.09. The van der Waals surface area contributed by atoms with Crippen LogP contribution in [0.15, 0.2) is 24.4 Å². The molecule has 0 aliphatic heterocycles. The Kier molecular flexibility index (Phi) is 5.09. The minimum Gasteiger partial charge on any atom is -0.456 e. The molecular formula is C15H12Cl3NO2. The SMILES string of the molecule is Cc1ccc(C)c(COC(=O)c2ncc(Cl)c(Cl)c2Cl)c1. The summed E-state index contributed by atoms with van der Waals surface area (Å²) < 4.78 is 5.24. The molecule has 1 aromatic carbocycles. The number of ether oxygens (including phenoxy) is 1. The van der Waals surface area contributed by atoms with Crippen molar-refractivity contribution >= 4 is 40.8 Å². The van der Waals surface area contributed by atoms with E-state index in [2.05, 4.69) is 4.98 Å². The zero-order chi connectivity index (χ0) is 15.6. The second kappa shape index (κ2) is 6.65. The van der Waals surface area contributed by atoms with Gasteiger partial charge in [0.15, 0.2) is 5.69 Å². The molecule has 3 nitrogen and oxygen atoms in total. The van der Waals surface area contributed by atoms with Crippen LogP contribution < -0.4 is 0 Å². The number of benzene rings is 1. The molecule has 0 bridgehead atoms. The Hall–Kier alpha value is -1.29. The molecule has 0 aliphatic rings. The number of aryl methyl sites for hydroxylation is 2. The van der Waals surface area contributed by atoms with Crippen LogP contribution in [0.1, 0.15) is 27.2 Å². The quantitative estimate of drug-likeness (QED) is 0.734. The third kappa shape index (κ3) is 3.67. The average Bonchev–Trinajstić information content (AvgIpc) is 2.45. The molecule has 6 heteroatoms. The molecule has 0 atom stereocenters. The van der Waals surface area contributed by atoms with Gasteiger partial charge < -0.3 is 4.74 Å². The number of pyridine rings is 1. The molecule has 0 fully saturated rings. The van der Waals surface area contributed by atoms with Gasteiger partial charge in [0.2, 0.25) is 0 Å². The topological polar surface area (TPSA) is 39.2 Å². The van der Waals surface area contributed by atoms with Gasteiger partial charge in [-0.25, -0.2) is 9.78 Å². The summed E-state index contributed by atoms with van der Waals surface area (Å²) in [6, 6.07) is 5.94. The van der Waals surface area contributed by atoms with Crippen LogP contribution in [-0.2, 0) is 11.3 Å². The van der Waals surface area contributed by atoms with Gasteiger partial charge in [-0.3, -0.25) is 0 Å². The van der Waals surface area contributed by atoms with Crippen molar-refractivity contribution in [1.29, 1.82) is 0 Å². The lowest BCUT2D eigenvalue weighted by atomic mass is 10.1. The van der Waals surface area contributed by atoms with E-state index in [1.807, 2.05) is 32.0 Å². The summed E-state index contributed by atoms with van der Waals surface area (Å²) in [5.74, 6) is -0.639. The molecule has 0 spiro atoms. The van der Waals surface area contributed by atoms with Crippen LogP contribution in [0.2, 0.25) is 15.1 Å². The fraction of sp³-hybridized carbons (Fsp3) is 0.200.